The highest BCUT2D eigenvalue weighted by Gasteiger charge is 2.06. The van der Waals surface area contributed by atoms with Gasteiger partial charge in [0.05, 0.1) is 11.0 Å². The first kappa shape index (κ1) is 9.06. The highest BCUT2D eigenvalue weighted by molar-refractivity contribution is 5.77. The van der Waals surface area contributed by atoms with Crippen LogP contribution in [0.4, 0.5) is 4.39 Å². The number of aryl methyl sites for hydroxylation is 2. The van der Waals surface area contributed by atoms with Crippen LogP contribution < -0.4 is 0 Å². The van der Waals surface area contributed by atoms with E-state index in [2.05, 4.69) is 9.97 Å². The van der Waals surface area contributed by atoms with Crippen molar-refractivity contribution in [2.24, 2.45) is 0 Å². The molecule has 0 unspecified atom stereocenters. The SMILES string of the molecule is CCc1cc2nccc(C)c2nc1F. The molecule has 0 amide bonds. The van der Waals surface area contributed by atoms with Crippen LogP contribution in [-0.4, -0.2) is 9.97 Å². The molecule has 2 heterocycles. The summed E-state index contributed by atoms with van der Waals surface area (Å²) in [5.41, 5.74) is 3.00. The number of nitrogens with zero attached hydrogens (tertiary/aromatic N) is 2. The quantitative estimate of drug-likeness (QED) is 0.646. The van der Waals surface area contributed by atoms with Gasteiger partial charge in [-0.15, -0.1) is 0 Å². The summed E-state index contributed by atoms with van der Waals surface area (Å²) >= 11 is 0. The van der Waals surface area contributed by atoms with Gasteiger partial charge in [0, 0.05) is 11.8 Å². The number of hydrogen-bond donors (Lipinski definition) is 0. The Morgan fingerprint density at radius 3 is 2.93 bits per heavy atom. The maximum atomic E-state index is 13.4. The van der Waals surface area contributed by atoms with Crippen molar-refractivity contribution in [3.8, 4) is 0 Å². The van der Waals surface area contributed by atoms with E-state index in [0.29, 0.717) is 17.5 Å². The summed E-state index contributed by atoms with van der Waals surface area (Å²) in [5.74, 6) is -0.379. The lowest BCUT2D eigenvalue weighted by atomic mass is 10.1. The molecular weight excluding hydrogens is 179 g/mol. The van der Waals surface area contributed by atoms with Crippen molar-refractivity contribution in [1.29, 1.82) is 0 Å². The van der Waals surface area contributed by atoms with Crippen molar-refractivity contribution in [3.05, 3.63) is 35.4 Å². The minimum Gasteiger partial charge on any atom is -0.255 e. The Labute approximate surface area is 81.8 Å². The fourth-order valence-electron chi connectivity index (χ4n) is 1.47. The van der Waals surface area contributed by atoms with Gasteiger partial charge in [0.15, 0.2) is 0 Å². The minimum atomic E-state index is -0.379. The summed E-state index contributed by atoms with van der Waals surface area (Å²) in [7, 11) is 0. The van der Waals surface area contributed by atoms with Crippen molar-refractivity contribution >= 4 is 11.0 Å². The molecule has 2 rings (SSSR count). The topological polar surface area (TPSA) is 25.8 Å². The molecule has 0 spiro atoms. The third-order valence-corrected chi connectivity index (χ3v) is 2.32. The van der Waals surface area contributed by atoms with Crippen molar-refractivity contribution in [1.82, 2.24) is 9.97 Å². The predicted octanol–water partition coefficient (Wildman–Crippen LogP) is 2.64. The second kappa shape index (κ2) is 3.33. The molecular formula is C11H11FN2. The monoisotopic (exact) mass is 190 g/mol. The summed E-state index contributed by atoms with van der Waals surface area (Å²) < 4.78 is 13.4. The van der Waals surface area contributed by atoms with Gasteiger partial charge in [-0.3, -0.25) is 4.98 Å². The molecule has 0 atom stereocenters. The van der Waals surface area contributed by atoms with Crippen LogP contribution in [0.2, 0.25) is 0 Å². The lowest BCUT2D eigenvalue weighted by Gasteiger charge is -2.03. The Hall–Kier alpha value is -1.51. The third kappa shape index (κ3) is 1.35. The predicted molar refractivity (Wildman–Crippen MR) is 53.6 cm³/mol. The summed E-state index contributed by atoms with van der Waals surface area (Å²) in [6.07, 6.45) is 2.36. The zero-order chi connectivity index (χ0) is 10.1. The van der Waals surface area contributed by atoms with E-state index in [0.717, 1.165) is 11.1 Å². The highest BCUT2D eigenvalue weighted by atomic mass is 19.1. The van der Waals surface area contributed by atoms with Gasteiger partial charge in [-0.05, 0) is 31.0 Å². The maximum absolute atomic E-state index is 13.4. The van der Waals surface area contributed by atoms with Gasteiger partial charge < -0.3 is 0 Å². The van der Waals surface area contributed by atoms with Crippen molar-refractivity contribution in [2.45, 2.75) is 20.3 Å². The highest BCUT2D eigenvalue weighted by Crippen LogP contribution is 2.17. The van der Waals surface area contributed by atoms with Crippen molar-refractivity contribution < 1.29 is 4.39 Å². The Bertz CT molecular complexity index is 480. The van der Waals surface area contributed by atoms with E-state index in [-0.39, 0.29) is 5.95 Å². The number of fused-ring (bicyclic) bond motifs is 1. The van der Waals surface area contributed by atoms with Crippen LogP contribution >= 0.6 is 0 Å². The molecule has 0 aromatic carbocycles. The lowest BCUT2D eigenvalue weighted by Crippen LogP contribution is -1.95. The molecule has 14 heavy (non-hydrogen) atoms. The molecule has 2 nitrogen and oxygen atoms in total. The number of hydrogen-bond acceptors (Lipinski definition) is 2. The molecule has 0 aliphatic carbocycles. The molecule has 0 fully saturated rings. The molecule has 3 heteroatoms. The molecule has 0 N–H and O–H groups in total. The average Bonchev–Trinajstić information content (AvgIpc) is 2.19. The maximum Gasteiger partial charge on any atom is 0.216 e. The first-order chi connectivity index (χ1) is 6.72. The van der Waals surface area contributed by atoms with Gasteiger partial charge in [0.1, 0.15) is 0 Å². The van der Waals surface area contributed by atoms with Crippen LogP contribution in [0.1, 0.15) is 18.1 Å². The van der Waals surface area contributed by atoms with Gasteiger partial charge in [0.25, 0.3) is 0 Å². The van der Waals surface area contributed by atoms with Gasteiger partial charge in [-0.1, -0.05) is 6.92 Å². The Kier molecular flexibility index (Phi) is 2.15. The summed E-state index contributed by atoms with van der Waals surface area (Å²) in [4.78, 5) is 8.08. The second-order valence-electron chi connectivity index (χ2n) is 3.29. The van der Waals surface area contributed by atoms with E-state index in [1.165, 1.54) is 0 Å². The van der Waals surface area contributed by atoms with E-state index < -0.39 is 0 Å². The average molecular weight is 190 g/mol. The van der Waals surface area contributed by atoms with Gasteiger partial charge >= 0.3 is 0 Å². The smallest absolute Gasteiger partial charge is 0.216 e. The number of pyridine rings is 2. The normalized spacial score (nSPS) is 10.8. The molecule has 0 radical (unpaired) electrons. The van der Waals surface area contributed by atoms with E-state index in [9.17, 15) is 4.39 Å². The van der Waals surface area contributed by atoms with Crippen LogP contribution in [0.15, 0.2) is 18.3 Å². The molecule has 2 aromatic heterocycles. The molecule has 0 aliphatic rings. The van der Waals surface area contributed by atoms with Crippen LogP contribution in [0.25, 0.3) is 11.0 Å². The van der Waals surface area contributed by atoms with E-state index in [1.807, 2.05) is 19.9 Å². The summed E-state index contributed by atoms with van der Waals surface area (Å²) in [5, 5.41) is 0. The Balaban J connectivity index is 2.79. The van der Waals surface area contributed by atoms with Gasteiger partial charge in [0.2, 0.25) is 5.95 Å². The summed E-state index contributed by atoms with van der Waals surface area (Å²) in [6.45, 7) is 3.81. The van der Waals surface area contributed by atoms with Gasteiger partial charge in [-0.2, -0.15) is 4.39 Å². The lowest BCUT2D eigenvalue weighted by molar-refractivity contribution is 0.573. The van der Waals surface area contributed by atoms with E-state index in [4.69, 9.17) is 0 Å². The number of rotatable bonds is 1. The third-order valence-electron chi connectivity index (χ3n) is 2.32. The van der Waals surface area contributed by atoms with Crippen LogP contribution in [-0.2, 0) is 6.42 Å². The molecule has 0 aliphatic heterocycles. The molecule has 0 bridgehead atoms. The van der Waals surface area contributed by atoms with Crippen LogP contribution in [0.3, 0.4) is 0 Å². The zero-order valence-electron chi connectivity index (χ0n) is 8.21. The molecule has 2 aromatic rings. The van der Waals surface area contributed by atoms with Crippen LogP contribution in [0.5, 0.6) is 0 Å². The fraction of sp³-hybridized carbons (Fsp3) is 0.273. The second-order valence-corrected chi connectivity index (χ2v) is 3.29. The Morgan fingerprint density at radius 1 is 1.43 bits per heavy atom. The van der Waals surface area contributed by atoms with Crippen molar-refractivity contribution in [2.75, 3.05) is 0 Å². The molecule has 0 saturated carbocycles. The zero-order valence-corrected chi connectivity index (χ0v) is 8.21. The minimum absolute atomic E-state index is 0.379. The standard InChI is InChI=1S/C11H11FN2/c1-3-8-6-9-10(14-11(8)12)7(2)4-5-13-9/h4-6H,3H2,1-2H3. The van der Waals surface area contributed by atoms with Crippen molar-refractivity contribution in [3.63, 3.8) is 0 Å². The Morgan fingerprint density at radius 2 is 2.21 bits per heavy atom. The first-order valence-corrected chi connectivity index (χ1v) is 4.63. The number of halogens is 1. The van der Waals surface area contributed by atoms with E-state index in [1.54, 1.807) is 12.3 Å². The fourth-order valence-corrected chi connectivity index (χ4v) is 1.47. The molecule has 72 valence electrons. The first-order valence-electron chi connectivity index (χ1n) is 4.63. The summed E-state index contributed by atoms with van der Waals surface area (Å²) in [6, 6.07) is 3.60. The number of aromatic nitrogens is 2. The largest absolute Gasteiger partial charge is 0.255 e. The van der Waals surface area contributed by atoms with E-state index >= 15 is 0 Å². The van der Waals surface area contributed by atoms with Crippen LogP contribution in [0, 0.1) is 12.9 Å². The van der Waals surface area contributed by atoms with Gasteiger partial charge in [-0.25, -0.2) is 4.98 Å². The molecule has 0 saturated heterocycles.